The Morgan fingerprint density at radius 2 is 1.77 bits per heavy atom. The Morgan fingerprint density at radius 3 is 2.65 bits per heavy atom. The van der Waals surface area contributed by atoms with Gasteiger partial charge in [-0.25, -0.2) is 4.79 Å². The molecule has 0 saturated carbocycles. The van der Waals surface area contributed by atoms with Gasteiger partial charge in [-0.2, -0.15) is 0 Å². The number of nitrogens with zero attached hydrogens (tertiary/aromatic N) is 1. The van der Waals surface area contributed by atoms with Crippen molar-refractivity contribution in [3.8, 4) is 22.8 Å². The van der Waals surface area contributed by atoms with Crippen LogP contribution in [0.25, 0.3) is 22.1 Å². The molecule has 0 unspecified atom stereocenters. The van der Waals surface area contributed by atoms with Gasteiger partial charge in [-0.15, -0.1) is 0 Å². The van der Waals surface area contributed by atoms with E-state index in [9.17, 15) is 4.79 Å². The summed E-state index contributed by atoms with van der Waals surface area (Å²) in [4.78, 5) is 14.9. The standard InChI is InChI=1S/C20H18N2O4/c23-20-16-11-15(22-7-5-21-6-8-22)3-1-13(16)9-18(26-20)14-2-4-17-19(10-14)25-12-24-17/h1-4,9-11,21H,5-8,12H2. The first-order chi connectivity index (χ1) is 12.8. The number of anilines is 1. The SMILES string of the molecule is O=c1oc(-c2ccc3c(c2)OCO3)cc2ccc(N3CCNCC3)cc12. The van der Waals surface area contributed by atoms with Gasteiger partial charge in [0.05, 0.1) is 5.39 Å². The van der Waals surface area contributed by atoms with Crippen LogP contribution in [0.4, 0.5) is 5.69 Å². The second-order valence-corrected chi connectivity index (χ2v) is 6.47. The zero-order chi connectivity index (χ0) is 17.5. The van der Waals surface area contributed by atoms with Gasteiger partial charge in [0.15, 0.2) is 11.5 Å². The van der Waals surface area contributed by atoms with Crippen molar-refractivity contribution in [3.63, 3.8) is 0 Å². The molecular weight excluding hydrogens is 332 g/mol. The van der Waals surface area contributed by atoms with Gasteiger partial charge in [-0.3, -0.25) is 0 Å². The van der Waals surface area contributed by atoms with E-state index in [1.165, 1.54) is 0 Å². The molecule has 132 valence electrons. The van der Waals surface area contributed by atoms with E-state index in [0.717, 1.165) is 42.8 Å². The first-order valence-corrected chi connectivity index (χ1v) is 8.71. The Bertz CT molecular complexity index is 1040. The van der Waals surface area contributed by atoms with Gasteiger partial charge < -0.3 is 24.1 Å². The average Bonchev–Trinajstić information content (AvgIpc) is 3.16. The lowest BCUT2D eigenvalue weighted by atomic mass is 10.1. The van der Waals surface area contributed by atoms with Gasteiger partial charge in [-0.1, -0.05) is 6.07 Å². The average molecular weight is 350 g/mol. The number of rotatable bonds is 2. The summed E-state index contributed by atoms with van der Waals surface area (Å²) in [6.07, 6.45) is 0. The van der Waals surface area contributed by atoms with Gasteiger partial charge in [0, 0.05) is 37.4 Å². The maximum absolute atomic E-state index is 12.6. The first kappa shape index (κ1) is 15.3. The predicted molar refractivity (Wildman–Crippen MR) is 99.1 cm³/mol. The number of benzene rings is 2. The molecule has 0 amide bonds. The lowest BCUT2D eigenvalue weighted by Crippen LogP contribution is -2.43. The quantitative estimate of drug-likeness (QED) is 0.766. The van der Waals surface area contributed by atoms with Crippen molar-refractivity contribution < 1.29 is 13.9 Å². The molecule has 0 bridgehead atoms. The van der Waals surface area contributed by atoms with E-state index >= 15 is 0 Å². The Labute approximate surface area is 149 Å². The maximum Gasteiger partial charge on any atom is 0.344 e. The van der Waals surface area contributed by atoms with Crippen LogP contribution in [0.2, 0.25) is 0 Å². The molecule has 0 atom stereocenters. The number of hydrogen-bond donors (Lipinski definition) is 1. The van der Waals surface area contributed by atoms with E-state index in [0.29, 0.717) is 22.6 Å². The highest BCUT2D eigenvalue weighted by Gasteiger charge is 2.16. The van der Waals surface area contributed by atoms with E-state index in [4.69, 9.17) is 13.9 Å². The summed E-state index contributed by atoms with van der Waals surface area (Å²) in [7, 11) is 0. The number of fused-ring (bicyclic) bond motifs is 2. The topological polar surface area (TPSA) is 63.9 Å². The van der Waals surface area contributed by atoms with Crippen molar-refractivity contribution >= 4 is 16.5 Å². The fraction of sp³-hybridized carbons (Fsp3) is 0.250. The van der Waals surface area contributed by atoms with Crippen LogP contribution in [0.1, 0.15) is 0 Å². The summed E-state index contributed by atoms with van der Waals surface area (Å²) in [6, 6.07) is 13.4. The number of hydrogen-bond acceptors (Lipinski definition) is 6. The van der Waals surface area contributed by atoms with Crippen LogP contribution in [0.3, 0.4) is 0 Å². The normalized spacial score (nSPS) is 16.2. The second kappa shape index (κ2) is 6.07. The Balaban J connectivity index is 1.56. The largest absolute Gasteiger partial charge is 0.454 e. The predicted octanol–water partition coefficient (Wildman–Crippen LogP) is 2.60. The monoisotopic (exact) mass is 350 g/mol. The summed E-state index contributed by atoms with van der Waals surface area (Å²) in [5.74, 6) is 1.90. The molecule has 5 rings (SSSR count). The molecule has 2 aliphatic rings. The van der Waals surface area contributed by atoms with Gasteiger partial charge in [0.25, 0.3) is 0 Å². The van der Waals surface area contributed by atoms with Crippen molar-refractivity contribution in [2.24, 2.45) is 0 Å². The van der Waals surface area contributed by atoms with Crippen molar-refractivity contribution in [2.75, 3.05) is 37.9 Å². The van der Waals surface area contributed by atoms with E-state index < -0.39 is 0 Å². The molecule has 2 aromatic carbocycles. The molecule has 1 aromatic heterocycles. The van der Waals surface area contributed by atoms with Crippen molar-refractivity contribution in [1.29, 1.82) is 0 Å². The fourth-order valence-corrected chi connectivity index (χ4v) is 3.48. The maximum atomic E-state index is 12.6. The molecule has 1 saturated heterocycles. The summed E-state index contributed by atoms with van der Waals surface area (Å²) in [5, 5.41) is 4.81. The van der Waals surface area contributed by atoms with Gasteiger partial charge in [0.2, 0.25) is 6.79 Å². The molecule has 3 heterocycles. The molecule has 0 aliphatic carbocycles. The molecule has 6 heteroatoms. The second-order valence-electron chi connectivity index (χ2n) is 6.47. The Kier molecular flexibility index (Phi) is 3.57. The Hall–Kier alpha value is -2.99. The van der Waals surface area contributed by atoms with Gasteiger partial charge in [-0.05, 0) is 41.8 Å². The van der Waals surface area contributed by atoms with E-state index in [-0.39, 0.29) is 12.4 Å². The Morgan fingerprint density at radius 1 is 0.923 bits per heavy atom. The molecule has 1 fully saturated rings. The van der Waals surface area contributed by atoms with E-state index in [1.807, 2.05) is 36.4 Å². The third-order valence-corrected chi connectivity index (χ3v) is 4.89. The molecule has 1 N–H and O–H groups in total. The van der Waals surface area contributed by atoms with Crippen molar-refractivity contribution in [1.82, 2.24) is 5.32 Å². The fourth-order valence-electron chi connectivity index (χ4n) is 3.48. The third-order valence-electron chi connectivity index (χ3n) is 4.89. The minimum Gasteiger partial charge on any atom is -0.454 e. The van der Waals surface area contributed by atoms with Crippen molar-refractivity contribution in [2.45, 2.75) is 0 Å². The molecule has 0 spiro atoms. The van der Waals surface area contributed by atoms with Crippen LogP contribution in [0.5, 0.6) is 11.5 Å². The highest BCUT2D eigenvalue weighted by Crippen LogP contribution is 2.36. The molecular formula is C20H18N2O4. The third kappa shape index (κ3) is 2.59. The molecule has 6 nitrogen and oxygen atoms in total. The number of nitrogens with one attached hydrogen (secondary N) is 1. The van der Waals surface area contributed by atoms with Crippen LogP contribution < -0.4 is 25.3 Å². The summed E-state index contributed by atoms with van der Waals surface area (Å²) < 4.78 is 16.3. The molecule has 26 heavy (non-hydrogen) atoms. The van der Waals surface area contributed by atoms with Crippen LogP contribution in [-0.2, 0) is 0 Å². The van der Waals surface area contributed by atoms with Crippen LogP contribution >= 0.6 is 0 Å². The lowest BCUT2D eigenvalue weighted by molar-refractivity contribution is 0.174. The highest BCUT2D eigenvalue weighted by molar-refractivity contribution is 5.87. The minimum atomic E-state index is -0.327. The summed E-state index contributed by atoms with van der Waals surface area (Å²) in [6.45, 7) is 4.00. The first-order valence-electron chi connectivity index (χ1n) is 8.71. The smallest absolute Gasteiger partial charge is 0.344 e. The summed E-state index contributed by atoms with van der Waals surface area (Å²) >= 11 is 0. The highest BCUT2D eigenvalue weighted by atomic mass is 16.7. The van der Waals surface area contributed by atoms with Crippen LogP contribution in [-0.4, -0.2) is 33.0 Å². The number of ether oxygens (including phenoxy) is 2. The van der Waals surface area contributed by atoms with E-state index in [2.05, 4.69) is 16.3 Å². The molecule has 3 aromatic rings. The minimum absolute atomic E-state index is 0.218. The van der Waals surface area contributed by atoms with Crippen molar-refractivity contribution in [3.05, 3.63) is 52.9 Å². The number of piperazine rings is 1. The zero-order valence-corrected chi connectivity index (χ0v) is 14.2. The van der Waals surface area contributed by atoms with Crippen LogP contribution in [0.15, 0.2) is 51.7 Å². The summed E-state index contributed by atoms with van der Waals surface area (Å²) in [5.41, 5.74) is 1.52. The van der Waals surface area contributed by atoms with Crippen LogP contribution in [0, 0.1) is 0 Å². The molecule has 0 radical (unpaired) electrons. The van der Waals surface area contributed by atoms with Gasteiger partial charge >= 0.3 is 5.63 Å². The van der Waals surface area contributed by atoms with E-state index in [1.54, 1.807) is 0 Å². The zero-order valence-electron chi connectivity index (χ0n) is 14.2. The van der Waals surface area contributed by atoms with Gasteiger partial charge in [0.1, 0.15) is 5.76 Å². The lowest BCUT2D eigenvalue weighted by Gasteiger charge is -2.29. The molecule has 2 aliphatic heterocycles.